The van der Waals surface area contributed by atoms with Crippen molar-refractivity contribution in [1.29, 1.82) is 0 Å². The molecule has 0 aliphatic heterocycles. The number of benzene rings is 1. The van der Waals surface area contributed by atoms with Crippen LogP contribution in [-0.4, -0.2) is 16.5 Å². The Kier molecular flexibility index (Phi) is 3.97. The van der Waals surface area contributed by atoms with E-state index in [1.807, 2.05) is 31.2 Å². The molecule has 3 aromatic heterocycles. The van der Waals surface area contributed by atoms with Gasteiger partial charge in [0.15, 0.2) is 0 Å². The van der Waals surface area contributed by atoms with Crippen LogP contribution < -0.4 is 16.9 Å². The molecule has 0 bridgehead atoms. The lowest BCUT2D eigenvalue weighted by Gasteiger charge is -2.11. The molecule has 0 saturated carbocycles. The molecule has 3 heterocycles. The van der Waals surface area contributed by atoms with E-state index < -0.39 is 11.5 Å². The van der Waals surface area contributed by atoms with E-state index in [2.05, 4.69) is 9.97 Å². The SMILES string of the molecule is CC(CN)c1ccc(-c2c(=O)[nH]c(F)c3[nH]c(=O)c4sccc4c23)cc1. The van der Waals surface area contributed by atoms with Gasteiger partial charge in [-0.3, -0.25) is 14.6 Å². The van der Waals surface area contributed by atoms with E-state index in [0.717, 1.165) is 5.56 Å². The average molecular weight is 369 g/mol. The van der Waals surface area contributed by atoms with Gasteiger partial charge in [-0.25, -0.2) is 0 Å². The number of hydrogen-bond donors (Lipinski definition) is 3. The van der Waals surface area contributed by atoms with Crippen LogP contribution in [0.25, 0.3) is 32.1 Å². The second kappa shape index (κ2) is 6.19. The van der Waals surface area contributed by atoms with Crippen molar-refractivity contribution >= 4 is 32.3 Å². The lowest BCUT2D eigenvalue weighted by molar-refractivity contribution is 0.590. The molecule has 0 amide bonds. The third kappa shape index (κ3) is 2.48. The first kappa shape index (κ1) is 16.7. The number of H-pyrrole nitrogens is 2. The molecule has 0 aliphatic rings. The molecule has 4 rings (SSSR count). The quantitative estimate of drug-likeness (QED) is 0.484. The maximum atomic E-state index is 14.3. The van der Waals surface area contributed by atoms with Crippen molar-refractivity contribution in [1.82, 2.24) is 9.97 Å². The van der Waals surface area contributed by atoms with Crippen LogP contribution in [-0.2, 0) is 0 Å². The number of thiophene rings is 1. The minimum absolute atomic E-state index is 0.00917. The average Bonchev–Trinajstić information content (AvgIpc) is 3.13. The Bertz CT molecular complexity index is 1240. The molecule has 0 saturated heterocycles. The van der Waals surface area contributed by atoms with E-state index in [1.54, 1.807) is 11.4 Å². The summed E-state index contributed by atoms with van der Waals surface area (Å²) in [6.45, 7) is 2.55. The van der Waals surface area contributed by atoms with Gasteiger partial charge in [0, 0.05) is 10.8 Å². The van der Waals surface area contributed by atoms with Crippen LogP contribution in [0.15, 0.2) is 45.3 Å². The van der Waals surface area contributed by atoms with Crippen molar-refractivity contribution in [3.8, 4) is 11.1 Å². The molecular formula is C19H16FN3O2S. The lowest BCUT2D eigenvalue weighted by Crippen LogP contribution is -2.15. The van der Waals surface area contributed by atoms with Crippen molar-refractivity contribution in [3.63, 3.8) is 0 Å². The molecule has 0 radical (unpaired) electrons. The number of pyridine rings is 2. The topological polar surface area (TPSA) is 91.7 Å². The highest BCUT2D eigenvalue weighted by molar-refractivity contribution is 7.17. The smallest absolute Gasteiger partial charge is 0.266 e. The highest BCUT2D eigenvalue weighted by Crippen LogP contribution is 2.32. The number of fused-ring (bicyclic) bond motifs is 3. The van der Waals surface area contributed by atoms with Gasteiger partial charge in [-0.15, -0.1) is 11.3 Å². The first-order chi connectivity index (χ1) is 12.5. The molecule has 7 heteroatoms. The van der Waals surface area contributed by atoms with Gasteiger partial charge in [0.05, 0.1) is 5.56 Å². The number of halogens is 1. The summed E-state index contributed by atoms with van der Waals surface area (Å²) in [5.41, 5.74) is 6.87. The zero-order valence-electron chi connectivity index (χ0n) is 13.9. The fourth-order valence-electron chi connectivity index (χ4n) is 3.20. The van der Waals surface area contributed by atoms with Crippen molar-refractivity contribution in [2.75, 3.05) is 6.54 Å². The van der Waals surface area contributed by atoms with Gasteiger partial charge in [0.1, 0.15) is 10.2 Å². The zero-order chi connectivity index (χ0) is 18.4. The second-order valence-corrected chi connectivity index (χ2v) is 7.19. The first-order valence-corrected chi connectivity index (χ1v) is 9.04. The number of aromatic amines is 2. The van der Waals surface area contributed by atoms with Gasteiger partial charge in [0.25, 0.3) is 11.1 Å². The third-order valence-electron chi connectivity index (χ3n) is 4.67. The summed E-state index contributed by atoms with van der Waals surface area (Å²) in [7, 11) is 0. The van der Waals surface area contributed by atoms with Gasteiger partial charge in [0.2, 0.25) is 5.95 Å². The van der Waals surface area contributed by atoms with E-state index in [9.17, 15) is 14.0 Å². The van der Waals surface area contributed by atoms with Gasteiger partial charge in [-0.05, 0) is 35.0 Å². The second-order valence-electron chi connectivity index (χ2n) is 6.27. The molecule has 4 N–H and O–H groups in total. The summed E-state index contributed by atoms with van der Waals surface area (Å²) < 4.78 is 14.8. The van der Waals surface area contributed by atoms with Crippen LogP contribution >= 0.6 is 11.3 Å². The van der Waals surface area contributed by atoms with Crippen LogP contribution in [0, 0.1) is 5.95 Å². The monoisotopic (exact) mass is 369 g/mol. The third-order valence-corrected chi connectivity index (χ3v) is 5.58. The van der Waals surface area contributed by atoms with Crippen LogP contribution in [0.4, 0.5) is 4.39 Å². The number of rotatable bonds is 3. The zero-order valence-corrected chi connectivity index (χ0v) is 14.7. The Balaban J connectivity index is 2.08. The molecule has 1 unspecified atom stereocenters. The van der Waals surface area contributed by atoms with Gasteiger partial charge >= 0.3 is 0 Å². The van der Waals surface area contributed by atoms with Crippen molar-refractivity contribution in [2.24, 2.45) is 5.73 Å². The van der Waals surface area contributed by atoms with Crippen LogP contribution in [0.5, 0.6) is 0 Å². The molecule has 0 spiro atoms. The van der Waals surface area contributed by atoms with Crippen molar-refractivity contribution in [3.05, 3.63) is 67.9 Å². The van der Waals surface area contributed by atoms with Crippen molar-refractivity contribution < 1.29 is 4.39 Å². The number of hydrogen-bond acceptors (Lipinski definition) is 4. The summed E-state index contributed by atoms with van der Waals surface area (Å²) in [4.78, 5) is 29.5. The van der Waals surface area contributed by atoms with E-state index >= 15 is 0 Å². The fourth-order valence-corrected chi connectivity index (χ4v) is 4.00. The molecule has 1 atom stereocenters. The Labute approximate surface area is 151 Å². The van der Waals surface area contributed by atoms with Crippen molar-refractivity contribution in [2.45, 2.75) is 12.8 Å². The van der Waals surface area contributed by atoms with Crippen LogP contribution in [0.2, 0.25) is 0 Å². The van der Waals surface area contributed by atoms with Gasteiger partial charge < -0.3 is 10.7 Å². The molecular weight excluding hydrogens is 353 g/mol. The maximum Gasteiger partial charge on any atom is 0.266 e. The fraction of sp³-hybridized carbons (Fsp3) is 0.158. The predicted molar refractivity (Wildman–Crippen MR) is 103 cm³/mol. The highest BCUT2D eigenvalue weighted by Gasteiger charge is 2.18. The standard InChI is InChI=1S/C19H16FN3O2S/c1-9(8-21)10-2-4-11(5-3-10)13-14-12-6-7-26-16(12)19(25)22-15(14)17(20)23-18(13)24/h2-7,9H,8,21H2,1H3,(H,22,25)(H,23,24). The Morgan fingerprint density at radius 3 is 2.54 bits per heavy atom. The van der Waals surface area contributed by atoms with Crippen LogP contribution in [0.1, 0.15) is 18.4 Å². The molecule has 5 nitrogen and oxygen atoms in total. The summed E-state index contributed by atoms with van der Waals surface area (Å²) >= 11 is 1.26. The molecule has 4 aromatic rings. The normalized spacial score (nSPS) is 12.7. The Morgan fingerprint density at radius 1 is 1.12 bits per heavy atom. The number of nitrogens with two attached hydrogens (primary N) is 1. The number of nitrogens with one attached hydrogen (secondary N) is 2. The highest BCUT2D eigenvalue weighted by atomic mass is 32.1. The summed E-state index contributed by atoms with van der Waals surface area (Å²) in [5.74, 6) is -0.639. The summed E-state index contributed by atoms with van der Waals surface area (Å²) in [5, 5.41) is 2.75. The lowest BCUT2D eigenvalue weighted by atomic mass is 9.96. The largest absolute Gasteiger partial charge is 0.330 e. The first-order valence-electron chi connectivity index (χ1n) is 8.16. The molecule has 132 valence electrons. The van der Waals surface area contributed by atoms with E-state index in [4.69, 9.17) is 5.73 Å². The summed E-state index contributed by atoms with van der Waals surface area (Å²) in [6, 6.07) is 9.22. The Hall–Kier alpha value is -2.77. The van der Waals surface area contributed by atoms with Gasteiger partial charge in [-0.2, -0.15) is 4.39 Å². The van der Waals surface area contributed by atoms with Crippen LogP contribution in [0.3, 0.4) is 0 Å². The summed E-state index contributed by atoms with van der Waals surface area (Å²) in [6.07, 6.45) is 0. The van der Waals surface area contributed by atoms with E-state index in [0.29, 0.717) is 33.1 Å². The molecule has 26 heavy (non-hydrogen) atoms. The van der Waals surface area contributed by atoms with Gasteiger partial charge in [-0.1, -0.05) is 31.2 Å². The minimum atomic E-state index is -0.840. The molecule has 1 aromatic carbocycles. The predicted octanol–water partition coefficient (Wildman–Crippen LogP) is 3.30. The minimum Gasteiger partial charge on any atom is -0.330 e. The van der Waals surface area contributed by atoms with E-state index in [1.165, 1.54) is 11.3 Å². The number of aromatic nitrogens is 2. The Morgan fingerprint density at radius 2 is 1.85 bits per heavy atom. The molecule has 0 fully saturated rings. The van der Waals surface area contributed by atoms with E-state index in [-0.39, 0.29) is 17.0 Å². The molecule has 0 aliphatic carbocycles. The maximum absolute atomic E-state index is 14.3.